The van der Waals surface area contributed by atoms with E-state index in [1.807, 2.05) is 19.3 Å². The first-order chi connectivity index (χ1) is 13.2. The fraction of sp³-hybridized carbons (Fsp3) is 0.727. The third kappa shape index (κ3) is 4.88. The van der Waals surface area contributed by atoms with Crippen LogP contribution in [0.5, 0.6) is 0 Å². The molecule has 2 bridgehead atoms. The number of aromatic nitrogens is 1. The summed E-state index contributed by atoms with van der Waals surface area (Å²) in [6, 6.07) is 7.90. The number of nitrogens with zero attached hydrogens (tertiary/aromatic N) is 3. The number of carbonyl (C=O) groups excluding carboxylic acids is 1. The molecular formula is C22H34N4O. The summed E-state index contributed by atoms with van der Waals surface area (Å²) in [4.78, 5) is 21.8. The van der Waals surface area contributed by atoms with Crippen LogP contribution in [-0.2, 0) is 11.2 Å². The quantitative estimate of drug-likeness (QED) is 0.836. The van der Waals surface area contributed by atoms with E-state index in [-0.39, 0.29) is 0 Å². The first kappa shape index (κ1) is 18.9. The molecule has 2 unspecified atom stereocenters. The molecule has 3 aliphatic rings. The number of hydrogen-bond acceptors (Lipinski definition) is 4. The fourth-order valence-corrected chi connectivity index (χ4v) is 5.29. The van der Waals surface area contributed by atoms with Crippen LogP contribution < -0.4 is 5.32 Å². The molecule has 1 amide bonds. The van der Waals surface area contributed by atoms with E-state index in [9.17, 15) is 4.79 Å². The molecule has 4 rings (SSSR count). The molecule has 5 nitrogen and oxygen atoms in total. The van der Waals surface area contributed by atoms with Gasteiger partial charge < -0.3 is 15.1 Å². The second kappa shape index (κ2) is 8.70. The lowest BCUT2D eigenvalue weighted by Gasteiger charge is -2.38. The van der Waals surface area contributed by atoms with Crippen molar-refractivity contribution in [1.29, 1.82) is 0 Å². The van der Waals surface area contributed by atoms with E-state index in [1.165, 1.54) is 31.4 Å². The number of pyridine rings is 1. The van der Waals surface area contributed by atoms with Crippen molar-refractivity contribution in [2.45, 2.75) is 69.5 Å². The van der Waals surface area contributed by atoms with Gasteiger partial charge in [-0.05, 0) is 56.6 Å². The molecule has 0 spiro atoms. The van der Waals surface area contributed by atoms with Crippen LogP contribution in [0.25, 0.3) is 0 Å². The molecule has 5 heteroatoms. The van der Waals surface area contributed by atoms with Gasteiger partial charge in [0.15, 0.2) is 0 Å². The minimum Gasteiger partial charge on any atom is -0.343 e. The number of piperidine rings is 2. The highest BCUT2D eigenvalue weighted by Crippen LogP contribution is 2.33. The van der Waals surface area contributed by atoms with Gasteiger partial charge in [-0.15, -0.1) is 0 Å². The first-order valence-electron chi connectivity index (χ1n) is 10.8. The van der Waals surface area contributed by atoms with Crippen LogP contribution in [0.4, 0.5) is 0 Å². The number of hydrogen-bond donors (Lipinski definition) is 1. The third-order valence-corrected chi connectivity index (χ3v) is 6.94. The molecule has 0 aliphatic carbocycles. The first-order valence-corrected chi connectivity index (χ1v) is 10.8. The van der Waals surface area contributed by atoms with Crippen molar-refractivity contribution in [3.63, 3.8) is 0 Å². The van der Waals surface area contributed by atoms with E-state index < -0.39 is 0 Å². The number of likely N-dealkylation sites (tertiary alicyclic amines) is 1. The van der Waals surface area contributed by atoms with E-state index in [2.05, 4.69) is 32.2 Å². The third-order valence-electron chi connectivity index (χ3n) is 6.94. The summed E-state index contributed by atoms with van der Waals surface area (Å²) in [6.45, 7) is 3.25. The van der Waals surface area contributed by atoms with Crippen molar-refractivity contribution in [3.05, 3.63) is 30.1 Å². The largest absolute Gasteiger partial charge is 0.343 e. The summed E-state index contributed by atoms with van der Waals surface area (Å²) in [6.07, 6.45) is 10.8. The molecule has 4 heterocycles. The predicted octanol–water partition coefficient (Wildman–Crippen LogP) is 2.47. The van der Waals surface area contributed by atoms with Crippen molar-refractivity contribution >= 4 is 5.91 Å². The molecular weight excluding hydrogens is 336 g/mol. The molecule has 3 aliphatic heterocycles. The molecule has 3 fully saturated rings. The van der Waals surface area contributed by atoms with Gasteiger partial charge in [0.25, 0.3) is 0 Å². The molecule has 27 heavy (non-hydrogen) atoms. The highest BCUT2D eigenvalue weighted by atomic mass is 16.2. The molecule has 148 valence electrons. The van der Waals surface area contributed by atoms with Gasteiger partial charge in [0, 0.05) is 69.5 Å². The van der Waals surface area contributed by atoms with Crippen molar-refractivity contribution in [2.75, 3.05) is 26.7 Å². The standard InChI is InChI=1S/C22H34N4O/c1-25(22(27)16-17-14-19-5-6-20(15-17)24-19)21-8-12-26(13-9-21)11-7-18-4-2-3-10-23-18/h2-4,10,17,19-21,24H,5-9,11-16H2,1H3. The van der Waals surface area contributed by atoms with Crippen LogP contribution in [0.3, 0.4) is 0 Å². The number of amides is 1. The zero-order valence-electron chi connectivity index (χ0n) is 16.6. The molecule has 1 N–H and O–H groups in total. The summed E-state index contributed by atoms with van der Waals surface area (Å²) >= 11 is 0. The average Bonchev–Trinajstić information content (AvgIpc) is 3.05. The summed E-state index contributed by atoms with van der Waals surface area (Å²) < 4.78 is 0. The van der Waals surface area contributed by atoms with E-state index in [4.69, 9.17) is 0 Å². The monoisotopic (exact) mass is 370 g/mol. The Hall–Kier alpha value is -1.46. The van der Waals surface area contributed by atoms with E-state index in [0.717, 1.165) is 45.3 Å². The Morgan fingerprint density at radius 1 is 1.19 bits per heavy atom. The van der Waals surface area contributed by atoms with Crippen LogP contribution in [0.1, 0.15) is 50.6 Å². The SMILES string of the molecule is CN(C(=O)CC1CC2CCC(C1)N2)C1CCN(CCc2ccccn2)CC1. The lowest BCUT2D eigenvalue weighted by molar-refractivity contribution is -0.134. The van der Waals surface area contributed by atoms with Gasteiger partial charge in [-0.1, -0.05) is 6.07 Å². The molecule has 0 radical (unpaired) electrons. The van der Waals surface area contributed by atoms with Crippen LogP contribution >= 0.6 is 0 Å². The fourth-order valence-electron chi connectivity index (χ4n) is 5.29. The van der Waals surface area contributed by atoms with Crippen LogP contribution in [0.2, 0.25) is 0 Å². The second-order valence-corrected chi connectivity index (χ2v) is 8.83. The molecule has 1 aromatic heterocycles. The summed E-state index contributed by atoms with van der Waals surface area (Å²) in [5.74, 6) is 0.963. The zero-order valence-corrected chi connectivity index (χ0v) is 16.6. The van der Waals surface area contributed by atoms with Gasteiger partial charge in [0.05, 0.1) is 0 Å². The van der Waals surface area contributed by atoms with Crippen molar-refractivity contribution < 1.29 is 4.79 Å². The summed E-state index contributed by atoms with van der Waals surface area (Å²) in [7, 11) is 2.03. The smallest absolute Gasteiger partial charge is 0.222 e. The van der Waals surface area contributed by atoms with Crippen LogP contribution in [0, 0.1) is 5.92 Å². The maximum absolute atomic E-state index is 12.8. The minimum absolute atomic E-state index is 0.369. The molecule has 0 saturated carbocycles. The van der Waals surface area contributed by atoms with Crippen LogP contribution in [0.15, 0.2) is 24.4 Å². The molecule has 3 saturated heterocycles. The van der Waals surface area contributed by atoms with E-state index in [0.29, 0.717) is 30.0 Å². The Morgan fingerprint density at radius 3 is 2.59 bits per heavy atom. The van der Waals surface area contributed by atoms with Crippen LogP contribution in [-0.4, -0.2) is 65.5 Å². The predicted molar refractivity (Wildman–Crippen MR) is 107 cm³/mol. The normalized spacial score (nSPS) is 29.0. The lowest BCUT2D eigenvalue weighted by atomic mass is 9.89. The average molecular weight is 371 g/mol. The molecule has 2 atom stereocenters. The van der Waals surface area contributed by atoms with Gasteiger partial charge in [0.2, 0.25) is 5.91 Å². The number of carbonyl (C=O) groups is 1. The Kier molecular flexibility index (Phi) is 6.08. The number of rotatable bonds is 6. The van der Waals surface area contributed by atoms with Gasteiger partial charge in [0.1, 0.15) is 0 Å². The maximum Gasteiger partial charge on any atom is 0.222 e. The lowest BCUT2D eigenvalue weighted by Crippen LogP contribution is -2.47. The molecule has 1 aromatic rings. The minimum atomic E-state index is 0.369. The summed E-state index contributed by atoms with van der Waals surface area (Å²) in [5.41, 5.74) is 1.17. The Bertz CT molecular complexity index is 602. The summed E-state index contributed by atoms with van der Waals surface area (Å²) in [5, 5.41) is 3.68. The van der Waals surface area contributed by atoms with Gasteiger partial charge in [-0.3, -0.25) is 9.78 Å². The highest BCUT2D eigenvalue weighted by Gasteiger charge is 2.35. The second-order valence-electron chi connectivity index (χ2n) is 8.83. The Balaban J connectivity index is 1.19. The number of nitrogens with one attached hydrogen (secondary N) is 1. The topological polar surface area (TPSA) is 48.5 Å². The Morgan fingerprint density at radius 2 is 1.93 bits per heavy atom. The highest BCUT2D eigenvalue weighted by molar-refractivity contribution is 5.76. The van der Waals surface area contributed by atoms with Crippen molar-refractivity contribution in [3.8, 4) is 0 Å². The van der Waals surface area contributed by atoms with Gasteiger partial charge >= 0.3 is 0 Å². The maximum atomic E-state index is 12.8. The van der Waals surface area contributed by atoms with Gasteiger partial charge in [-0.2, -0.15) is 0 Å². The van der Waals surface area contributed by atoms with Gasteiger partial charge in [-0.25, -0.2) is 0 Å². The zero-order chi connectivity index (χ0) is 18.6. The number of fused-ring (bicyclic) bond motifs is 2. The van der Waals surface area contributed by atoms with E-state index in [1.54, 1.807) is 0 Å². The molecule has 0 aromatic carbocycles. The van der Waals surface area contributed by atoms with E-state index >= 15 is 0 Å². The van der Waals surface area contributed by atoms with Crippen molar-refractivity contribution in [2.24, 2.45) is 5.92 Å². The van der Waals surface area contributed by atoms with Crippen molar-refractivity contribution in [1.82, 2.24) is 20.1 Å². The Labute approximate surface area is 163 Å².